The molecule has 3 N–H and O–H groups in total. The van der Waals surface area contributed by atoms with Gasteiger partial charge in [0, 0.05) is 18.1 Å². The summed E-state index contributed by atoms with van der Waals surface area (Å²) in [7, 11) is 0. The summed E-state index contributed by atoms with van der Waals surface area (Å²) in [6.07, 6.45) is 2.10. The molecule has 1 spiro atoms. The molecule has 1 unspecified atom stereocenters. The van der Waals surface area contributed by atoms with Gasteiger partial charge < -0.3 is 15.1 Å². The van der Waals surface area contributed by atoms with Gasteiger partial charge in [-0.15, -0.1) is 23.5 Å². The van der Waals surface area contributed by atoms with Crippen LogP contribution in [0.1, 0.15) is 31.7 Å². The van der Waals surface area contributed by atoms with Gasteiger partial charge in [0.05, 0.1) is 10.1 Å². The Morgan fingerprint density at radius 2 is 1.87 bits per heavy atom. The van der Waals surface area contributed by atoms with Gasteiger partial charge >= 0.3 is 11.9 Å². The Morgan fingerprint density at radius 3 is 2.47 bits per heavy atom. The van der Waals surface area contributed by atoms with Crippen LogP contribution in [-0.4, -0.2) is 73.2 Å². The van der Waals surface area contributed by atoms with Crippen molar-refractivity contribution in [2.45, 2.75) is 54.8 Å². The van der Waals surface area contributed by atoms with E-state index in [1.54, 1.807) is 30.4 Å². The fourth-order valence-electron chi connectivity index (χ4n) is 4.04. The van der Waals surface area contributed by atoms with Crippen LogP contribution < -0.4 is 5.32 Å². The number of rotatable bonds is 8. The van der Waals surface area contributed by atoms with Gasteiger partial charge in [-0.3, -0.25) is 14.9 Å². The highest BCUT2D eigenvalue weighted by Crippen LogP contribution is 2.50. The number of aryl methyl sites for hydroxylation is 1. The second kappa shape index (κ2) is 10.1. The third-order valence-corrected chi connectivity index (χ3v) is 9.15. The maximum atomic E-state index is 13.2. The Labute approximate surface area is 185 Å². The van der Waals surface area contributed by atoms with Crippen LogP contribution in [0.25, 0.3) is 0 Å². The van der Waals surface area contributed by atoms with Gasteiger partial charge in [-0.25, -0.2) is 4.79 Å². The minimum Gasteiger partial charge on any atom is -0.480 e. The number of thioether (sulfide) groups is 2. The molecule has 0 saturated carbocycles. The molecule has 1 aromatic carbocycles. The number of nitrogens with zero attached hydrogens (tertiary/aromatic N) is 1. The van der Waals surface area contributed by atoms with E-state index in [0.29, 0.717) is 25.8 Å². The number of aliphatic carboxylic acids is 2. The van der Waals surface area contributed by atoms with Gasteiger partial charge in [0.25, 0.3) is 0 Å². The van der Waals surface area contributed by atoms with Crippen molar-refractivity contribution in [2.24, 2.45) is 0 Å². The first-order chi connectivity index (χ1) is 14.3. The van der Waals surface area contributed by atoms with E-state index in [1.807, 2.05) is 30.3 Å². The summed E-state index contributed by atoms with van der Waals surface area (Å²) in [4.78, 5) is 38.1. The summed E-state index contributed by atoms with van der Waals surface area (Å²) >= 11 is 3.60. The Balaban J connectivity index is 1.66. The lowest BCUT2D eigenvalue weighted by Gasteiger charge is -2.43. The topological polar surface area (TPSA) is 107 Å². The van der Waals surface area contributed by atoms with Crippen LogP contribution in [0.3, 0.4) is 0 Å². The molecule has 164 valence electrons. The maximum absolute atomic E-state index is 13.2. The van der Waals surface area contributed by atoms with E-state index in [0.717, 1.165) is 23.5 Å². The first-order valence-electron chi connectivity index (χ1n) is 10.2. The number of nitrogens with one attached hydrogen (secondary N) is 1. The SMILES string of the molecule is C[C@H](NC(CCc1ccccc1)C(=O)O)C(=O)N1CC2(CC[C@H]1C(=O)O)SCCS2. The molecule has 1 aromatic rings. The van der Waals surface area contributed by atoms with Crippen molar-refractivity contribution in [1.82, 2.24) is 10.2 Å². The van der Waals surface area contributed by atoms with Crippen LogP contribution in [0.5, 0.6) is 0 Å². The molecule has 2 fully saturated rings. The summed E-state index contributed by atoms with van der Waals surface area (Å²) in [6.45, 7) is 2.00. The van der Waals surface area contributed by atoms with E-state index in [4.69, 9.17) is 0 Å². The number of carbonyl (C=O) groups excluding carboxylic acids is 1. The fraction of sp³-hybridized carbons (Fsp3) is 0.571. The number of carboxylic acids is 2. The zero-order valence-electron chi connectivity index (χ0n) is 17.0. The van der Waals surface area contributed by atoms with Crippen LogP contribution in [0.15, 0.2) is 30.3 Å². The number of hydrogen-bond donors (Lipinski definition) is 3. The Morgan fingerprint density at radius 1 is 1.20 bits per heavy atom. The van der Waals surface area contributed by atoms with Gasteiger partial charge in [-0.05, 0) is 38.2 Å². The highest BCUT2D eigenvalue weighted by Gasteiger charge is 2.47. The van der Waals surface area contributed by atoms with Crippen molar-refractivity contribution in [2.75, 3.05) is 18.1 Å². The first kappa shape index (κ1) is 23.0. The predicted molar refractivity (Wildman–Crippen MR) is 119 cm³/mol. The predicted octanol–water partition coefficient (Wildman–Crippen LogP) is 2.30. The summed E-state index contributed by atoms with van der Waals surface area (Å²) < 4.78 is -0.138. The molecular formula is C21H28N2O5S2. The maximum Gasteiger partial charge on any atom is 0.326 e. The van der Waals surface area contributed by atoms with Gasteiger partial charge in [-0.1, -0.05) is 30.3 Å². The Kier molecular flexibility index (Phi) is 7.70. The summed E-state index contributed by atoms with van der Waals surface area (Å²) in [5.74, 6) is -0.368. The lowest BCUT2D eigenvalue weighted by atomic mass is 9.99. The molecule has 0 aliphatic carbocycles. The largest absolute Gasteiger partial charge is 0.480 e. The van der Waals surface area contributed by atoms with Crippen LogP contribution >= 0.6 is 23.5 Å². The molecule has 9 heteroatoms. The lowest BCUT2D eigenvalue weighted by molar-refractivity contribution is -0.153. The molecule has 2 aliphatic rings. The first-order valence-corrected chi connectivity index (χ1v) is 12.1. The van der Waals surface area contributed by atoms with E-state index >= 15 is 0 Å². The van der Waals surface area contributed by atoms with Gasteiger partial charge in [0.2, 0.25) is 5.91 Å². The van der Waals surface area contributed by atoms with E-state index in [9.17, 15) is 24.6 Å². The molecule has 2 saturated heterocycles. The van der Waals surface area contributed by atoms with Crippen molar-refractivity contribution < 1.29 is 24.6 Å². The number of amides is 1. The summed E-state index contributed by atoms with van der Waals surface area (Å²) in [6, 6.07) is 7.06. The molecule has 2 heterocycles. The molecule has 7 nitrogen and oxygen atoms in total. The minimum absolute atomic E-state index is 0.138. The number of piperidine rings is 1. The van der Waals surface area contributed by atoms with E-state index in [2.05, 4.69) is 5.32 Å². The molecule has 0 aromatic heterocycles. The van der Waals surface area contributed by atoms with E-state index < -0.39 is 30.1 Å². The molecule has 1 amide bonds. The van der Waals surface area contributed by atoms with Crippen LogP contribution in [0.2, 0.25) is 0 Å². The molecule has 0 radical (unpaired) electrons. The second-order valence-electron chi connectivity index (χ2n) is 7.77. The molecular weight excluding hydrogens is 424 g/mol. The zero-order chi connectivity index (χ0) is 21.7. The Hall–Kier alpha value is -1.71. The van der Waals surface area contributed by atoms with Crippen molar-refractivity contribution >= 4 is 41.4 Å². The second-order valence-corrected chi connectivity index (χ2v) is 11.0. The number of likely N-dealkylation sites (tertiary alicyclic amines) is 1. The van der Waals surface area contributed by atoms with Gasteiger partial charge in [0.1, 0.15) is 12.1 Å². The standard InChI is InChI=1S/C21H28N2O5S2/c1-14(22-16(19(25)26)8-7-15-5-3-2-4-6-15)18(24)23-13-21(29-11-12-30-21)10-9-17(23)20(27)28/h2-6,14,16-17,22H,7-13H2,1H3,(H,25,26)(H,27,28)/t14-,16?,17-/m0/s1. The number of carboxylic acid groups (broad SMARTS) is 2. The lowest BCUT2D eigenvalue weighted by Crippen LogP contribution is -2.59. The zero-order valence-corrected chi connectivity index (χ0v) is 18.6. The fourth-order valence-corrected chi connectivity index (χ4v) is 7.27. The normalized spacial score (nSPS) is 22.6. The minimum atomic E-state index is -1.02. The molecule has 30 heavy (non-hydrogen) atoms. The highest BCUT2D eigenvalue weighted by molar-refractivity contribution is 8.21. The average Bonchev–Trinajstić information content (AvgIpc) is 3.18. The quantitative estimate of drug-likeness (QED) is 0.552. The van der Waals surface area contributed by atoms with E-state index in [-0.39, 0.29) is 9.99 Å². The Bertz CT molecular complexity index is 770. The summed E-state index contributed by atoms with van der Waals surface area (Å²) in [5, 5.41) is 22.2. The van der Waals surface area contributed by atoms with Crippen LogP contribution in [-0.2, 0) is 20.8 Å². The van der Waals surface area contributed by atoms with Crippen molar-refractivity contribution in [3.05, 3.63) is 35.9 Å². The van der Waals surface area contributed by atoms with Crippen LogP contribution in [0.4, 0.5) is 0 Å². The third kappa shape index (κ3) is 5.50. The number of carbonyl (C=O) groups is 3. The van der Waals surface area contributed by atoms with Gasteiger partial charge in [-0.2, -0.15) is 0 Å². The van der Waals surface area contributed by atoms with Crippen molar-refractivity contribution in [3.8, 4) is 0 Å². The summed E-state index contributed by atoms with van der Waals surface area (Å²) in [5.41, 5.74) is 1.03. The number of benzene rings is 1. The highest BCUT2D eigenvalue weighted by atomic mass is 32.2. The molecule has 3 atom stereocenters. The van der Waals surface area contributed by atoms with E-state index in [1.165, 1.54) is 4.90 Å². The van der Waals surface area contributed by atoms with Crippen molar-refractivity contribution in [3.63, 3.8) is 0 Å². The molecule has 3 rings (SSSR count). The van der Waals surface area contributed by atoms with Gasteiger partial charge in [0.15, 0.2) is 0 Å². The van der Waals surface area contributed by atoms with Crippen molar-refractivity contribution in [1.29, 1.82) is 0 Å². The third-order valence-electron chi connectivity index (χ3n) is 5.65. The monoisotopic (exact) mass is 452 g/mol. The smallest absolute Gasteiger partial charge is 0.326 e. The molecule has 2 aliphatic heterocycles. The average molecular weight is 453 g/mol. The number of hydrogen-bond acceptors (Lipinski definition) is 6. The molecule has 0 bridgehead atoms. The van der Waals surface area contributed by atoms with Crippen LogP contribution in [0, 0.1) is 0 Å².